The van der Waals surface area contributed by atoms with Crippen molar-refractivity contribution in [2.24, 2.45) is 5.41 Å². The van der Waals surface area contributed by atoms with Crippen LogP contribution in [0.3, 0.4) is 0 Å². The molecule has 0 fully saturated rings. The van der Waals surface area contributed by atoms with Crippen molar-refractivity contribution in [3.8, 4) is 0 Å². The van der Waals surface area contributed by atoms with E-state index in [-0.39, 0.29) is 0 Å². The normalized spacial score (nSPS) is 19.9. The Labute approximate surface area is 167 Å². The molecule has 0 spiro atoms. The van der Waals surface area contributed by atoms with Crippen molar-refractivity contribution in [1.29, 1.82) is 0 Å². The number of allylic oxidation sites excluding steroid dienone is 2. The van der Waals surface area contributed by atoms with E-state index >= 15 is 0 Å². The summed E-state index contributed by atoms with van der Waals surface area (Å²) in [6.07, 6.45) is 12.2. The topological polar surface area (TPSA) is 50.2 Å². The van der Waals surface area contributed by atoms with E-state index in [9.17, 15) is 9.90 Å². The Balaban J connectivity index is 1.67. The van der Waals surface area contributed by atoms with Crippen molar-refractivity contribution < 1.29 is 9.90 Å². The minimum atomic E-state index is -1.06. The van der Waals surface area contributed by atoms with Crippen molar-refractivity contribution in [2.75, 3.05) is 0 Å². The maximum Gasteiger partial charge on any atom is 0.321 e. The highest BCUT2D eigenvalue weighted by Gasteiger charge is 2.41. The molecule has 4 aromatic rings. The van der Waals surface area contributed by atoms with Gasteiger partial charge in [-0.1, -0.05) is 60.7 Å². The number of hydrogen-bond donors (Lipinski definition) is 1. The molecular formula is C26H17NO2. The zero-order chi connectivity index (χ0) is 19.6. The maximum absolute atomic E-state index is 12.1. The smallest absolute Gasteiger partial charge is 0.321 e. The predicted octanol–water partition coefficient (Wildman–Crippen LogP) is 5.98. The lowest BCUT2D eigenvalue weighted by atomic mass is 9.69. The van der Waals surface area contributed by atoms with E-state index in [2.05, 4.69) is 47.4 Å². The molecule has 29 heavy (non-hydrogen) atoms. The van der Waals surface area contributed by atoms with Gasteiger partial charge in [0.1, 0.15) is 5.41 Å². The van der Waals surface area contributed by atoms with Gasteiger partial charge in [0.2, 0.25) is 0 Å². The second-order valence-electron chi connectivity index (χ2n) is 7.72. The third-order valence-electron chi connectivity index (χ3n) is 6.22. The van der Waals surface area contributed by atoms with E-state index in [4.69, 9.17) is 0 Å². The molecule has 0 radical (unpaired) electrons. The van der Waals surface area contributed by atoms with Gasteiger partial charge < -0.3 is 5.11 Å². The van der Waals surface area contributed by atoms with Crippen molar-refractivity contribution in [3.05, 3.63) is 90.2 Å². The summed E-state index contributed by atoms with van der Waals surface area (Å²) in [6.45, 7) is 0. The van der Waals surface area contributed by atoms with Gasteiger partial charge >= 0.3 is 5.97 Å². The van der Waals surface area contributed by atoms with E-state index in [0.717, 1.165) is 44.8 Å². The molecule has 0 amide bonds. The fourth-order valence-electron chi connectivity index (χ4n) is 4.80. The van der Waals surface area contributed by atoms with Crippen molar-refractivity contribution in [1.82, 2.24) is 4.98 Å². The largest absolute Gasteiger partial charge is 0.480 e. The maximum atomic E-state index is 12.1. The zero-order valence-electron chi connectivity index (χ0n) is 15.6. The van der Waals surface area contributed by atoms with E-state index < -0.39 is 11.4 Å². The van der Waals surface area contributed by atoms with Gasteiger partial charge in [-0.25, -0.2) is 0 Å². The molecule has 6 rings (SSSR count). The summed E-state index contributed by atoms with van der Waals surface area (Å²) in [6, 6.07) is 16.8. The first-order valence-corrected chi connectivity index (χ1v) is 9.73. The molecule has 1 unspecified atom stereocenters. The minimum Gasteiger partial charge on any atom is -0.480 e. The molecule has 0 saturated heterocycles. The van der Waals surface area contributed by atoms with Gasteiger partial charge in [-0.3, -0.25) is 9.78 Å². The fraction of sp³-hybridized carbons (Fsp3) is 0.0769. The van der Waals surface area contributed by atoms with Crippen LogP contribution in [0.2, 0.25) is 0 Å². The van der Waals surface area contributed by atoms with E-state index in [1.807, 2.05) is 42.6 Å². The first kappa shape index (κ1) is 16.3. The number of hydrogen-bond acceptors (Lipinski definition) is 2. The molecule has 0 bridgehead atoms. The number of aliphatic carboxylic acids is 1. The Hall–Kier alpha value is -3.72. The molecule has 0 aliphatic heterocycles. The lowest BCUT2D eigenvalue weighted by Gasteiger charge is -2.33. The predicted molar refractivity (Wildman–Crippen MR) is 118 cm³/mol. The lowest BCUT2D eigenvalue weighted by molar-refractivity contribution is -0.141. The first-order valence-electron chi connectivity index (χ1n) is 9.73. The number of carbonyl (C=O) groups is 1. The number of aromatic nitrogens is 1. The first-order chi connectivity index (χ1) is 14.2. The van der Waals surface area contributed by atoms with E-state index in [1.54, 1.807) is 0 Å². The molecule has 1 heterocycles. The number of carboxylic acid groups (broad SMARTS) is 1. The fourth-order valence-corrected chi connectivity index (χ4v) is 4.80. The van der Waals surface area contributed by atoms with E-state index in [0.29, 0.717) is 0 Å². The molecule has 3 nitrogen and oxygen atoms in total. The number of benzene rings is 3. The summed E-state index contributed by atoms with van der Waals surface area (Å²) in [7, 11) is 0. The van der Waals surface area contributed by atoms with E-state index in [1.165, 1.54) is 10.8 Å². The Kier molecular flexibility index (Phi) is 3.16. The Morgan fingerprint density at radius 3 is 2.76 bits per heavy atom. The van der Waals surface area contributed by atoms with Crippen LogP contribution in [0.1, 0.15) is 17.5 Å². The van der Waals surface area contributed by atoms with Crippen molar-refractivity contribution in [3.63, 3.8) is 0 Å². The average molecular weight is 375 g/mol. The quantitative estimate of drug-likeness (QED) is 0.253. The summed E-state index contributed by atoms with van der Waals surface area (Å²) in [5.74, 6) is -0.834. The van der Waals surface area contributed by atoms with Gasteiger partial charge in [0.25, 0.3) is 0 Å². The number of pyridine rings is 1. The standard InChI is InChI=1S/C26H17NO2/c28-25(29)26-11-2-1-5-23(26)21-9-8-19-18(20(21)10-12-26)7-6-16-15-24-17(14-22(16)19)4-3-13-27-24/h2-15H,1H2,(H,28,29). The average Bonchev–Trinajstić information content (AvgIpc) is 2.76. The molecule has 2 aliphatic carbocycles. The third-order valence-corrected chi connectivity index (χ3v) is 6.22. The van der Waals surface area contributed by atoms with Gasteiger partial charge in [0.15, 0.2) is 0 Å². The van der Waals surface area contributed by atoms with Crippen LogP contribution < -0.4 is 0 Å². The number of fused-ring (bicyclic) bond motifs is 8. The summed E-state index contributed by atoms with van der Waals surface area (Å²) < 4.78 is 0. The highest BCUT2D eigenvalue weighted by Crippen LogP contribution is 2.48. The van der Waals surface area contributed by atoms with Crippen molar-refractivity contribution >= 4 is 50.1 Å². The third kappa shape index (κ3) is 2.13. The zero-order valence-corrected chi connectivity index (χ0v) is 15.6. The Bertz CT molecular complexity index is 1460. The Morgan fingerprint density at radius 2 is 1.86 bits per heavy atom. The van der Waals surface area contributed by atoms with Crippen LogP contribution in [0.5, 0.6) is 0 Å². The van der Waals surface area contributed by atoms with Crippen LogP contribution in [-0.2, 0) is 4.79 Å². The van der Waals surface area contributed by atoms with Gasteiger partial charge in [-0.15, -0.1) is 0 Å². The second-order valence-corrected chi connectivity index (χ2v) is 7.72. The van der Waals surface area contributed by atoms with Gasteiger partial charge in [0, 0.05) is 11.6 Å². The highest BCUT2D eigenvalue weighted by atomic mass is 16.4. The highest BCUT2D eigenvalue weighted by molar-refractivity contribution is 6.15. The lowest BCUT2D eigenvalue weighted by Crippen LogP contribution is -2.31. The van der Waals surface area contributed by atoms with Crippen LogP contribution in [0.25, 0.3) is 44.1 Å². The number of rotatable bonds is 1. The molecule has 3 heteroatoms. The molecule has 138 valence electrons. The van der Waals surface area contributed by atoms with Gasteiger partial charge in [-0.05, 0) is 62.9 Å². The second kappa shape index (κ2) is 5.65. The monoisotopic (exact) mass is 375 g/mol. The molecule has 1 N–H and O–H groups in total. The van der Waals surface area contributed by atoms with Gasteiger partial charge in [0.05, 0.1) is 5.52 Å². The van der Waals surface area contributed by atoms with Crippen LogP contribution >= 0.6 is 0 Å². The molecule has 1 atom stereocenters. The molecular weight excluding hydrogens is 358 g/mol. The molecule has 3 aromatic carbocycles. The summed E-state index contributed by atoms with van der Waals surface area (Å²) >= 11 is 0. The van der Waals surface area contributed by atoms with Crippen LogP contribution in [0.4, 0.5) is 0 Å². The molecule has 1 aromatic heterocycles. The molecule has 2 aliphatic rings. The van der Waals surface area contributed by atoms with Crippen LogP contribution in [-0.4, -0.2) is 16.1 Å². The Morgan fingerprint density at radius 1 is 0.966 bits per heavy atom. The summed E-state index contributed by atoms with van der Waals surface area (Å²) in [5.41, 5.74) is 2.90. The van der Waals surface area contributed by atoms with Crippen LogP contribution in [0.15, 0.2) is 79.0 Å². The van der Waals surface area contributed by atoms with Gasteiger partial charge in [-0.2, -0.15) is 0 Å². The summed E-state index contributed by atoms with van der Waals surface area (Å²) in [4.78, 5) is 16.6. The molecule has 0 saturated carbocycles. The van der Waals surface area contributed by atoms with Crippen LogP contribution in [0, 0.1) is 5.41 Å². The van der Waals surface area contributed by atoms with Crippen molar-refractivity contribution in [2.45, 2.75) is 6.42 Å². The summed E-state index contributed by atoms with van der Waals surface area (Å²) in [5, 5.41) is 15.7. The number of nitrogens with zero attached hydrogens (tertiary/aromatic N) is 1. The minimum absolute atomic E-state index is 0.756. The number of carboxylic acids is 1. The SMILES string of the molecule is O=C(O)C12C=CCC=C1c1ccc3c(ccc4cc5ncccc5cc43)c1C=C2.